The third-order valence-corrected chi connectivity index (χ3v) is 5.67. The van der Waals surface area contributed by atoms with Crippen molar-refractivity contribution in [3.05, 3.63) is 46.4 Å². The van der Waals surface area contributed by atoms with Crippen LogP contribution in [0.5, 0.6) is 5.75 Å². The quantitative estimate of drug-likeness (QED) is 0.783. The Balaban J connectivity index is 1.48. The SMILES string of the molecule is Cc1cccc(OCC(=O)N2CSC[C@@H]2C(=O)NCCc2cscn2)c1. The van der Waals surface area contributed by atoms with Crippen LogP contribution in [0, 0.1) is 6.92 Å². The summed E-state index contributed by atoms with van der Waals surface area (Å²) in [5, 5.41) is 4.87. The van der Waals surface area contributed by atoms with Gasteiger partial charge in [0.15, 0.2) is 6.61 Å². The first kappa shape index (κ1) is 18.7. The molecule has 1 aliphatic heterocycles. The van der Waals surface area contributed by atoms with E-state index >= 15 is 0 Å². The van der Waals surface area contributed by atoms with Crippen molar-refractivity contribution < 1.29 is 14.3 Å². The van der Waals surface area contributed by atoms with E-state index in [2.05, 4.69) is 10.3 Å². The molecule has 1 aromatic heterocycles. The van der Waals surface area contributed by atoms with Crippen molar-refractivity contribution in [1.82, 2.24) is 15.2 Å². The van der Waals surface area contributed by atoms with E-state index < -0.39 is 6.04 Å². The minimum atomic E-state index is -0.441. The zero-order chi connectivity index (χ0) is 18.4. The van der Waals surface area contributed by atoms with Crippen LogP contribution in [0.4, 0.5) is 0 Å². The van der Waals surface area contributed by atoms with Gasteiger partial charge in [-0.05, 0) is 24.6 Å². The Morgan fingerprint density at radius 3 is 3.08 bits per heavy atom. The van der Waals surface area contributed by atoms with Crippen LogP contribution in [-0.4, -0.2) is 52.5 Å². The van der Waals surface area contributed by atoms with Gasteiger partial charge in [0.2, 0.25) is 5.91 Å². The van der Waals surface area contributed by atoms with Crippen LogP contribution >= 0.6 is 23.1 Å². The van der Waals surface area contributed by atoms with Gasteiger partial charge >= 0.3 is 0 Å². The highest BCUT2D eigenvalue weighted by Crippen LogP contribution is 2.21. The molecule has 2 heterocycles. The summed E-state index contributed by atoms with van der Waals surface area (Å²) in [5.74, 6) is 1.50. The number of nitrogens with zero attached hydrogens (tertiary/aromatic N) is 2. The molecule has 138 valence electrons. The van der Waals surface area contributed by atoms with Gasteiger partial charge in [0, 0.05) is 24.1 Å². The van der Waals surface area contributed by atoms with E-state index in [1.807, 2.05) is 36.6 Å². The van der Waals surface area contributed by atoms with E-state index in [1.165, 1.54) is 11.3 Å². The van der Waals surface area contributed by atoms with Crippen molar-refractivity contribution in [2.75, 3.05) is 24.8 Å². The van der Waals surface area contributed by atoms with Crippen LogP contribution in [0.15, 0.2) is 35.2 Å². The number of benzene rings is 1. The summed E-state index contributed by atoms with van der Waals surface area (Å²) in [6.45, 7) is 2.43. The fraction of sp³-hybridized carbons (Fsp3) is 0.389. The van der Waals surface area contributed by atoms with Crippen LogP contribution in [0.2, 0.25) is 0 Å². The number of aryl methyl sites for hydroxylation is 1. The third kappa shape index (κ3) is 4.98. The summed E-state index contributed by atoms with van der Waals surface area (Å²) < 4.78 is 5.58. The van der Waals surface area contributed by atoms with Crippen molar-refractivity contribution in [3.8, 4) is 5.75 Å². The van der Waals surface area contributed by atoms with E-state index in [9.17, 15) is 9.59 Å². The maximum atomic E-state index is 12.5. The molecule has 0 spiro atoms. The number of carbonyl (C=O) groups is 2. The van der Waals surface area contributed by atoms with Crippen LogP contribution < -0.4 is 10.1 Å². The summed E-state index contributed by atoms with van der Waals surface area (Å²) in [5.41, 5.74) is 3.82. The molecule has 1 N–H and O–H groups in total. The molecule has 2 aromatic rings. The molecule has 1 aromatic carbocycles. The van der Waals surface area contributed by atoms with Crippen LogP contribution in [0.1, 0.15) is 11.3 Å². The fourth-order valence-corrected chi connectivity index (χ4v) is 4.40. The molecule has 8 heteroatoms. The number of ether oxygens (including phenoxy) is 1. The van der Waals surface area contributed by atoms with E-state index in [-0.39, 0.29) is 18.4 Å². The molecule has 6 nitrogen and oxygen atoms in total. The fourth-order valence-electron chi connectivity index (χ4n) is 2.63. The van der Waals surface area contributed by atoms with Crippen molar-refractivity contribution in [2.24, 2.45) is 0 Å². The number of hydrogen-bond donors (Lipinski definition) is 1. The van der Waals surface area contributed by atoms with Gasteiger partial charge in [0.05, 0.1) is 17.1 Å². The lowest BCUT2D eigenvalue weighted by atomic mass is 10.2. The molecule has 0 radical (unpaired) electrons. The Morgan fingerprint density at radius 1 is 1.42 bits per heavy atom. The topological polar surface area (TPSA) is 71.5 Å². The molecule has 0 saturated carbocycles. The first-order valence-electron chi connectivity index (χ1n) is 8.35. The van der Waals surface area contributed by atoms with Crippen LogP contribution in [0.3, 0.4) is 0 Å². The van der Waals surface area contributed by atoms with Gasteiger partial charge in [-0.3, -0.25) is 9.59 Å². The molecular weight excluding hydrogens is 370 g/mol. The van der Waals surface area contributed by atoms with Crippen LogP contribution in [-0.2, 0) is 16.0 Å². The highest BCUT2D eigenvalue weighted by atomic mass is 32.2. The second-order valence-corrected chi connectivity index (χ2v) is 7.72. The van der Waals surface area contributed by atoms with E-state index in [0.29, 0.717) is 30.3 Å². The predicted octanol–water partition coefficient (Wildman–Crippen LogP) is 2.09. The molecule has 2 amide bonds. The van der Waals surface area contributed by atoms with Gasteiger partial charge in [0.25, 0.3) is 5.91 Å². The number of amides is 2. The standard InChI is InChI=1S/C18H21N3O3S2/c1-13-3-2-4-15(7-13)24-8-17(22)21-12-26-10-16(21)18(23)19-6-5-14-9-25-11-20-14/h2-4,7,9,11,16H,5-6,8,10,12H2,1H3,(H,19,23)/t16-/m1/s1. The Kier molecular flexibility index (Phi) is 6.51. The predicted molar refractivity (Wildman–Crippen MR) is 103 cm³/mol. The second-order valence-electron chi connectivity index (χ2n) is 6.01. The number of aromatic nitrogens is 1. The number of rotatable bonds is 7. The number of thioether (sulfide) groups is 1. The molecule has 1 aliphatic rings. The number of carbonyl (C=O) groups excluding carboxylic acids is 2. The van der Waals surface area contributed by atoms with E-state index in [4.69, 9.17) is 4.74 Å². The normalized spacial score (nSPS) is 16.5. The first-order chi connectivity index (χ1) is 12.6. The first-order valence-corrected chi connectivity index (χ1v) is 10.4. The summed E-state index contributed by atoms with van der Waals surface area (Å²) in [7, 11) is 0. The zero-order valence-electron chi connectivity index (χ0n) is 14.5. The van der Waals surface area contributed by atoms with Crippen molar-refractivity contribution >= 4 is 34.9 Å². The van der Waals surface area contributed by atoms with Crippen LogP contribution in [0.25, 0.3) is 0 Å². The summed E-state index contributed by atoms with van der Waals surface area (Å²) >= 11 is 3.12. The number of nitrogens with one attached hydrogen (secondary N) is 1. The highest BCUT2D eigenvalue weighted by molar-refractivity contribution is 7.99. The van der Waals surface area contributed by atoms with E-state index in [0.717, 1.165) is 11.3 Å². The maximum Gasteiger partial charge on any atom is 0.261 e. The molecule has 0 aliphatic carbocycles. The minimum Gasteiger partial charge on any atom is -0.484 e. The Bertz CT molecular complexity index is 752. The van der Waals surface area contributed by atoms with Crippen molar-refractivity contribution in [3.63, 3.8) is 0 Å². The van der Waals surface area contributed by atoms with Gasteiger partial charge in [-0.2, -0.15) is 0 Å². The van der Waals surface area contributed by atoms with Crippen molar-refractivity contribution in [1.29, 1.82) is 0 Å². The Morgan fingerprint density at radius 2 is 2.31 bits per heavy atom. The molecule has 0 unspecified atom stereocenters. The van der Waals surface area contributed by atoms with Gasteiger partial charge in [0.1, 0.15) is 11.8 Å². The van der Waals surface area contributed by atoms with Gasteiger partial charge in [-0.1, -0.05) is 12.1 Å². The lowest BCUT2D eigenvalue weighted by Gasteiger charge is -2.23. The van der Waals surface area contributed by atoms with Crippen molar-refractivity contribution in [2.45, 2.75) is 19.4 Å². The lowest BCUT2D eigenvalue weighted by molar-refractivity contribution is -0.139. The second kappa shape index (κ2) is 9.05. The third-order valence-electron chi connectivity index (χ3n) is 4.02. The maximum absolute atomic E-state index is 12.5. The smallest absolute Gasteiger partial charge is 0.261 e. The highest BCUT2D eigenvalue weighted by Gasteiger charge is 2.34. The molecule has 3 rings (SSSR count). The molecule has 26 heavy (non-hydrogen) atoms. The average molecular weight is 392 g/mol. The summed E-state index contributed by atoms with van der Waals surface area (Å²) in [6.07, 6.45) is 0.694. The molecule has 1 saturated heterocycles. The average Bonchev–Trinajstić information content (AvgIpc) is 3.31. The molecule has 0 bridgehead atoms. The Hall–Kier alpha value is -2.06. The van der Waals surface area contributed by atoms with Gasteiger partial charge < -0.3 is 15.0 Å². The minimum absolute atomic E-state index is 0.0629. The van der Waals surface area contributed by atoms with E-state index in [1.54, 1.807) is 22.2 Å². The number of hydrogen-bond acceptors (Lipinski definition) is 6. The molecular formula is C18H21N3O3S2. The van der Waals surface area contributed by atoms with Gasteiger partial charge in [-0.25, -0.2) is 4.98 Å². The molecule has 1 atom stereocenters. The number of thiazole rings is 1. The summed E-state index contributed by atoms with van der Waals surface area (Å²) in [4.78, 5) is 30.7. The Labute approximate surface area is 160 Å². The largest absolute Gasteiger partial charge is 0.484 e. The zero-order valence-corrected chi connectivity index (χ0v) is 16.1. The monoisotopic (exact) mass is 391 g/mol. The lowest BCUT2D eigenvalue weighted by Crippen LogP contribution is -2.48. The molecule has 1 fully saturated rings. The van der Waals surface area contributed by atoms with Gasteiger partial charge in [-0.15, -0.1) is 23.1 Å². The summed E-state index contributed by atoms with van der Waals surface area (Å²) in [6, 6.07) is 7.12.